The van der Waals surface area contributed by atoms with Crippen LogP contribution in [0.2, 0.25) is 5.02 Å². The lowest BCUT2D eigenvalue weighted by atomic mass is 9.95. The van der Waals surface area contributed by atoms with Crippen LogP contribution in [0.4, 0.5) is 5.82 Å². The molecular formula is C16H22ClN3O3. The molecule has 23 heavy (non-hydrogen) atoms. The molecule has 1 amide bonds. The molecule has 0 atom stereocenters. The molecule has 1 saturated heterocycles. The summed E-state index contributed by atoms with van der Waals surface area (Å²) in [5, 5.41) is 9.38. The lowest BCUT2D eigenvalue weighted by Crippen LogP contribution is -2.43. The zero-order valence-corrected chi connectivity index (χ0v) is 14.0. The number of rotatable bonds is 6. The first-order valence-electron chi connectivity index (χ1n) is 7.88. The van der Waals surface area contributed by atoms with Crippen LogP contribution >= 0.6 is 11.6 Å². The Kier molecular flexibility index (Phi) is 6.21. The highest BCUT2D eigenvalue weighted by Gasteiger charge is 2.28. The number of aromatic nitrogens is 1. The van der Waals surface area contributed by atoms with Crippen LogP contribution in [0.3, 0.4) is 0 Å². The fraction of sp³-hybridized carbons (Fsp3) is 0.562. The lowest BCUT2D eigenvalue weighted by molar-refractivity contribution is -0.140. The van der Waals surface area contributed by atoms with E-state index in [4.69, 9.17) is 16.7 Å². The van der Waals surface area contributed by atoms with Gasteiger partial charge in [0, 0.05) is 38.3 Å². The number of anilines is 1. The van der Waals surface area contributed by atoms with Gasteiger partial charge in [-0.3, -0.25) is 9.59 Å². The monoisotopic (exact) mass is 339 g/mol. The summed E-state index contributed by atoms with van der Waals surface area (Å²) in [5.74, 6) is 0.0307. The number of nitrogens with zero attached hydrogens (tertiary/aromatic N) is 3. The number of hydrogen-bond donors (Lipinski definition) is 1. The maximum atomic E-state index is 12.5. The summed E-state index contributed by atoms with van der Waals surface area (Å²) in [5.41, 5.74) is 0. The van der Waals surface area contributed by atoms with Gasteiger partial charge in [-0.15, -0.1) is 0 Å². The molecule has 0 aromatic carbocycles. The first kappa shape index (κ1) is 17.5. The van der Waals surface area contributed by atoms with Crippen LogP contribution in [-0.2, 0) is 9.59 Å². The average molecular weight is 340 g/mol. The van der Waals surface area contributed by atoms with Gasteiger partial charge in [0.2, 0.25) is 5.91 Å². The molecule has 1 fully saturated rings. The molecule has 1 aromatic heterocycles. The summed E-state index contributed by atoms with van der Waals surface area (Å²) in [6, 6.07) is 3.70. The van der Waals surface area contributed by atoms with Crippen molar-refractivity contribution in [3.8, 4) is 0 Å². The summed E-state index contributed by atoms with van der Waals surface area (Å²) in [7, 11) is 0. The largest absolute Gasteiger partial charge is 0.481 e. The van der Waals surface area contributed by atoms with E-state index in [1.165, 1.54) is 0 Å². The third kappa shape index (κ3) is 4.82. The first-order valence-corrected chi connectivity index (χ1v) is 8.26. The van der Waals surface area contributed by atoms with E-state index >= 15 is 0 Å². The predicted octanol–water partition coefficient (Wildman–Crippen LogP) is 2.27. The number of carbonyl (C=O) groups excluding carboxylic acids is 1. The number of hydrogen-bond acceptors (Lipinski definition) is 4. The molecule has 0 bridgehead atoms. The highest BCUT2D eigenvalue weighted by Crippen LogP contribution is 2.24. The minimum Gasteiger partial charge on any atom is -0.481 e. The van der Waals surface area contributed by atoms with Crippen molar-refractivity contribution in [2.45, 2.75) is 26.2 Å². The zero-order valence-electron chi connectivity index (χ0n) is 13.2. The molecule has 1 N–H and O–H groups in total. The molecule has 0 aliphatic carbocycles. The Hall–Kier alpha value is -1.82. The van der Waals surface area contributed by atoms with E-state index in [0.29, 0.717) is 11.6 Å². The molecule has 0 unspecified atom stereocenters. The average Bonchev–Trinajstić information content (AvgIpc) is 2.56. The molecule has 1 aliphatic rings. The number of carboxylic acids is 1. The van der Waals surface area contributed by atoms with E-state index in [1.54, 1.807) is 11.1 Å². The van der Waals surface area contributed by atoms with Crippen LogP contribution in [0.5, 0.6) is 0 Å². The second kappa shape index (κ2) is 8.15. The van der Waals surface area contributed by atoms with Crippen molar-refractivity contribution in [2.24, 2.45) is 5.92 Å². The molecule has 2 rings (SSSR count). The summed E-state index contributed by atoms with van der Waals surface area (Å²) in [6.45, 7) is 4.24. The highest BCUT2D eigenvalue weighted by molar-refractivity contribution is 6.30. The van der Waals surface area contributed by atoms with Gasteiger partial charge < -0.3 is 14.9 Å². The van der Waals surface area contributed by atoms with Gasteiger partial charge in [-0.05, 0) is 31.9 Å². The van der Waals surface area contributed by atoms with E-state index in [0.717, 1.165) is 31.7 Å². The Balaban J connectivity index is 1.88. The first-order chi connectivity index (χ1) is 11.0. The van der Waals surface area contributed by atoms with Gasteiger partial charge in [-0.2, -0.15) is 0 Å². The molecule has 0 radical (unpaired) electrons. The number of carboxylic acid groups (broad SMARTS) is 1. The molecule has 6 nitrogen and oxygen atoms in total. The van der Waals surface area contributed by atoms with Crippen molar-refractivity contribution in [3.05, 3.63) is 23.4 Å². The molecular weight excluding hydrogens is 318 g/mol. The standard InChI is InChI=1S/C16H22ClN3O3/c1-2-19(10-7-15(21)22)16(23)12-5-8-20(9-6-12)14-4-3-13(17)11-18-14/h3-4,11-12H,2,5-10H2,1H3,(H,21,22). The summed E-state index contributed by atoms with van der Waals surface area (Å²) in [6.07, 6.45) is 3.13. The number of pyridine rings is 1. The van der Waals surface area contributed by atoms with Crippen molar-refractivity contribution >= 4 is 29.3 Å². The summed E-state index contributed by atoms with van der Waals surface area (Å²) < 4.78 is 0. The molecule has 0 saturated carbocycles. The molecule has 2 heterocycles. The maximum absolute atomic E-state index is 12.5. The Morgan fingerprint density at radius 1 is 1.39 bits per heavy atom. The Labute approximate surface area is 141 Å². The van der Waals surface area contributed by atoms with E-state index in [2.05, 4.69) is 9.88 Å². The van der Waals surface area contributed by atoms with Crippen molar-refractivity contribution in [1.29, 1.82) is 0 Å². The van der Waals surface area contributed by atoms with Gasteiger partial charge in [0.1, 0.15) is 5.82 Å². The highest BCUT2D eigenvalue weighted by atomic mass is 35.5. The van der Waals surface area contributed by atoms with Crippen LogP contribution < -0.4 is 4.90 Å². The predicted molar refractivity (Wildman–Crippen MR) is 88.7 cm³/mol. The van der Waals surface area contributed by atoms with Gasteiger partial charge >= 0.3 is 5.97 Å². The van der Waals surface area contributed by atoms with Crippen molar-refractivity contribution in [3.63, 3.8) is 0 Å². The minimum absolute atomic E-state index is 0.00683. The number of piperidine rings is 1. The molecule has 126 valence electrons. The second-order valence-corrected chi connectivity index (χ2v) is 6.09. The SMILES string of the molecule is CCN(CCC(=O)O)C(=O)C1CCN(c2ccc(Cl)cn2)CC1. The van der Waals surface area contributed by atoms with E-state index in [9.17, 15) is 9.59 Å². The molecule has 0 spiro atoms. The van der Waals surface area contributed by atoms with E-state index < -0.39 is 5.97 Å². The Morgan fingerprint density at radius 2 is 2.09 bits per heavy atom. The van der Waals surface area contributed by atoms with Crippen LogP contribution in [0.25, 0.3) is 0 Å². The van der Waals surface area contributed by atoms with Crippen LogP contribution in [0.15, 0.2) is 18.3 Å². The van der Waals surface area contributed by atoms with Crippen molar-refractivity contribution in [1.82, 2.24) is 9.88 Å². The van der Waals surface area contributed by atoms with Crippen molar-refractivity contribution in [2.75, 3.05) is 31.1 Å². The van der Waals surface area contributed by atoms with Gasteiger partial charge in [0.05, 0.1) is 11.4 Å². The lowest BCUT2D eigenvalue weighted by Gasteiger charge is -2.34. The van der Waals surface area contributed by atoms with Gasteiger partial charge in [-0.25, -0.2) is 4.98 Å². The van der Waals surface area contributed by atoms with Crippen LogP contribution in [0, 0.1) is 5.92 Å². The van der Waals surface area contributed by atoms with Crippen molar-refractivity contribution < 1.29 is 14.7 Å². The smallest absolute Gasteiger partial charge is 0.305 e. The Morgan fingerprint density at radius 3 is 2.61 bits per heavy atom. The number of halogens is 1. The van der Waals surface area contributed by atoms with E-state index in [-0.39, 0.29) is 24.8 Å². The van der Waals surface area contributed by atoms with Crippen LogP contribution in [-0.4, -0.2) is 53.0 Å². The third-order valence-electron chi connectivity index (χ3n) is 4.17. The minimum atomic E-state index is -0.875. The quantitative estimate of drug-likeness (QED) is 0.860. The fourth-order valence-electron chi connectivity index (χ4n) is 2.82. The topological polar surface area (TPSA) is 73.7 Å². The fourth-order valence-corrected chi connectivity index (χ4v) is 2.94. The van der Waals surface area contributed by atoms with Gasteiger partial charge in [0.25, 0.3) is 0 Å². The summed E-state index contributed by atoms with van der Waals surface area (Å²) >= 11 is 5.85. The van der Waals surface area contributed by atoms with Gasteiger partial charge in [0.15, 0.2) is 0 Å². The number of carbonyl (C=O) groups is 2. The number of aliphatic carboxylic acids is 1. The molecule has 1 aromatic rings. The summed E-state index contributed by atoms with van der Waals surface area (Å²) in [4.78, 5) is 31.3. The normalized spacial score (nSPS) is 15.5. The van der Waals surface area contributed by atoms with Gasteiger partial charge in [-0.1, -0.05) is 11.6 Å². The number of amides is 1. The maximum Gasteiger partial charge on any atom is 0.305 e. The zero-order chi connectivity index (χ0) is 16.8. The Bertz CT molecular complexity index is 542. The molecule has 7 heteroatoms. The second-order valence-electron chi connectivity index (χ2n) is 5.66. The van der Waals surface area contributed by atoms with Crippen LogP contribution in [0.1, 0.15) is 26.2 Å². The van der Waals surface area contributed by atoms with E-state index in [1.807, 2.05) is 19.1 Å². The molecule has 1 aliphatic heterocycles. The third-order valence-corrected chi connectivity index (χ3v) is 4.39.